The summed E-state index contributed by atoms with van der Waals surface area (Å²) in [5.41, 5.74) is 8.16. The van der Waals surface area contributed by atoms with Crippen LogP contribution in [0, 0.1) is 12.8 Å². The first-order valence-electron chi connectivity index (χ1n) is 12.9. The largest absolute Gasteiger partial charge is 0.488 e. The van der Waals surface area contributed by atoms with Crippen molar-refractivity contribution in [2.24, 2.45) is 10.9 Å². The average Bonchev–Trinajstić information content (AvgIpc) is 3.43. The van der Waals surface area contributed by atoms with Gasteiger partial charge in [-0.3, -0.25) is 4.99 Å². The van der Waals surface area contributed by atoms with Gasteiger partial charge in [0, 0.05) is 32.9 Å². The van der Waals surface area contributed by atoms with Gasteiger partial charge in [-0.25, -0.2) is 0 Å². The number of hydrogen-bond acceptors (Lipinski definition) is 3. The molecule has 0 amide bonds. The van der Waals surface area contributed by atoms with Crippen molar-refractivity contribution >= 4 is 45.1 Å². The summed E-state index contributed by atoms with van der Waals surface area (Å²) in [5, 5.41) is 4.54. The number of aryl methyl sites for hydroxylation is 1. The number of anilines is 1. The molecule has 1 heterocycles. The molecule has 6 rings (SSSR count). The third-order valence-electron chi connectivity index (χ3n) is 7.40. The second-order valence-corrected chi connectivity index (χ2v) is 11.4. The molecule has 0 saturated heterocycles. The Kier molecular flexibility index (Phi) is 7.10. The number of ether oxygens (including phenoxy) is 1. The highest BCUT2D eigenvalue weighted by Gasteiger charge is 2.37. The van der Waals surface area contributed by atoms with Gasteiger partial charge < -0.3 is 10.1 Å². The number of nitrogens with zero attached hydrogens (tertiary/aromatic N) is 1. The summed E-state index contributed by atoms with van der Waals surface area (Å²) in [7, 11) is 0. The molecule has 3 atom stereocenters. The van der Waals surface area contributed by atoms with Gasteiger partial charge in [0.2, 0.25) is 0 Å². The molecule has 0 fully saturated rings. The number of aliphatic imine (C=N–C) groups is 1. The first kappa shape index (κ1) is 25.0. The smallest absolute Gasteiger partial charge is 0.128 e. The minimum atomic E-state index is 0.279. The second kappa shape index (κ2) is 10.8. The van der Waals surface area contributed by atoms with Gasteiger partial charge in [-0.05, 0) is 84.5 Å². The summed E-state index contributed by atoms with van der Waals surface area (Å²) in [4.78, 5) is 4.77. The molecule has 1 aliphatic carbocycles. The summed E-state index contributed by atoms with van der Waals surface area (Å²) in [6.07, 6.45) is 7.69. The molecule has 0 spiro atoms. The van der Waals surface area contributed by atoms with Crippen molar-refractivity contribution in [1.82, 2.24) is 0 Å². The summed E-state index contributed by atoms with van der Waals surface area (Å²) < 4.78 is 7.09. The lowest BCUT2D eigenvalue weighted by molar-refractivity contribution is 0.306. The van der Waals surface area contributed by atoms with Crippen LogP contribution in [0.15, 0.2) is 107 Å². The fraction of sp³-hybridized carbons (Fsp3) is 0.182. The molecule has 1 aliphatic heterocycles. The molecule has 0 radical (unpaired) electrons. The summed E-state index contributed by atoms with van der Waals surface area (Å²) in [5.74, 6) is 1.78. The maximum absolute atomic E-state index is 6.11. The Morgan fingerprint density at radius 1 is 1.00 bits per heavy atom. The van der Waals surface area contributed by atoms with Crippen LogP contribution in [0.5, 0.6) is 5.75 Å². The topological polar surface area (TPSA) is 33.6 Å². The van der Waals surface area contributed by atoms with Crippen molar-refractivity contribution in [3.8, 4) is 5.75 Å². The molecule has 1 N–H and O–H groups in total. The SMILES string of the molecule is Cc1ccc2c(c1)[C@@H]1C=CC[C@H]1[C@@H](c1ccc(N=Cc3cc(Br)ccc3OCc3ccc(Cl)cc3)cc1)N2. The van der Waals surface area contributed by atoms with Crippen LogP contribution in [0.4, 0.5) is 11.4 Å². The summed E-state index contributed by atoms with van der Waals surface area (Å²) >= 11 is 9.58. The number of rotatable bonds is 6. The van der Waals surface area contributed by atoms with E-state index < -0.39 is 0 Å². The van der Waals surface area contributed by atoms with E-state index in [9.17, 15) is 0 Å². The highest BCUT2D eigenvalue weighted by molar-refractivity contribution is 9.10. The molecule has 0 bridgehead atoms. The lowest BCUT2D eigenvalue weighted by Gasteiger charge is -2.37. The number of fused-ring (bicyclic) bond motifs is 3. The quantitative estimate of drug-likeness (QED) is 0.181. The molecule has 0 unspecified atom stereocenters. The van der Waals surface area contributed by atoms with Gasteiger partial charge in [0.1, 0.15) is 12.4 Å². The van der Waals surface area contributed by atoms with Crippen LogP contribution in [0.2, 0.25) is 5.02 Å². The zero-order chi connectivity index (χ0) is 26.1. The van der Waals surface area contributed by atoms with Gasteiger partial charge in [0.25, 0.3) is 0 Å². The van der Waals surface area contributed by atoms with Gasteiger partial charge in [0.05, 0.1) is 11.7 Å². The van der Waals surface area contributed by atoms with E-state index in [-0.39, 0.29) is 6.04 Å². The predicted octanol–water partition coefficient (Wildman–Crippen LogP) is 9.57. The average molecular weight is 584 g/mol. The second-order valence-electron chi connectivity index (χ2n) is 10.0. The van der Waals surface area contributed by atoms with Crippen molar-refractivity contribution in [2.45, 2.75) is 31.9 Å². The maximum atomic E-state index is 6.11. The third kappa shape index (κ3) is 5.29. The van der Waals surface area contributed by atoms with Gasteiger partial charge in [-0.1, -0.05) is 81.6 Å². The first-order valence-corrected chi connectivity index (χ1v) is 14.1. The van der Waals surface area contributed by atoms with Crippen LogP contribution in [-0.2, 0) is 6.61 Å². The molecule has 38 heavy (non-hydrogen) atoms. The van der Waals surface area contributed by atoms with Gasteiger partial charge >= 0.3 is 0 Å². The zero-order valence-electron chi connectivity index (χ0n) is 21.1. The van der Waals surface area contributed by atoms with E-state index >= 15 is 0 Å². The number of halogens is 2. The molecule has 4 aromatic carbocycles. The van der Waals surface area contributed by atoms with Crippen molar-refractivity contribution in [2.75, 3.05) is 5.32 Å². The van der Waals surface area contributed by atoms with Gasteiger partial charge in [-0.15, -0.1) is 0 Å². The summed E-state index contributed by atoms with van der Waals surface area (Å²) in [6, 6.07) is 29.3. The van der Waals surface area contributed by atoms with Crippen LogP contribution in [0.1, 0.15) is 46.2 Å². The Bertz CT molecular complexity index is 1510. The molecular formula is C33H28BrClN2O. The molecule has 2 aliphatic rings. The molecule has 4 aromatic rings. The van der Waals surface area contributed by atoms with E-state index in [1.165, 1.54) is 22.4 Å². The van der Waals surface area contributed by atoms with Crippen molar-refractivity contribution in [3.63, 3.8) is 0 Å². The Labute approximate surface area is 237 Å². The maximum Gasteiger partial charge on any atom is 0.128 e. The van der Waals surface area contributed by atoms with Crippen LogP contribution in [-0.4, -0.2) is 6.21 Å². The fourth-order valence-corrected chi connectivity index (χ4v) is 5.95. The minimum Gasteiger partial charge on any atom is -0.488 e. The monoisotopic (exact) mass is 582 g/mol. The van der Waals surface area contributed by atoms with E-state index in [4.69, 9.17) is 21.3 Å². The van der Waals surface area contributed by atoms with Crippen LogP contribution < -0.4 is 10.1 Å². The molecular weight excluding hydrogens is 556 g/mol. The first-order chi connectivity index (χ1) is 18.5. The predicted molar refractivity (Wildman–Crippen MR) is 161 cm³/mol. The zero-order valence-corrected chi connectivity index (χ0v) is 23.4. The highest BCUT2D eigenvalue weighted by atomic mass is 79.9. The molecule has 3 nitrogen and oxygen atoms in total. The Morgan fingerprint density at radius 3 is 2.63 bits per heavy atom. The fourth-order valence-electron chi connectivity index (χ4n) is 5.45. The molecule has 5 heteroatoms. The number of nitrogens with one attached hydrogen (secondary N) is 1. The van der Waals surface area contributed by atoms with E-state index in [0.29, 0.717) is 18.4 Å². The standard InChI is InChI=1S/C33H28BrClN2O/c1-21-5-15-31-30(17-21)28-3-2-4-29(28)33(37-31)23-8-13-27(14-9-23)36-19-24-18-25(34)10-16-32(24)38-20-22-6-11-26(35)12-7-22/h2-3,5-19,28-29,33,37H,4,20H2,1H3/t28-,29-,33-/m1/s1. The van der Waals surface area contributed by atoms with E-state index in [1.54, 1.807) is 0 Å². The molecule has 0 aromatic heterocycles. The highest BCUT2D eigenvalue weighted by Crippen LogP contribution is 2.50. The van der Waals surface area contributed by atoms with Crippen LogP contribution in [0.3, 0.4) is 0 Å². The minimum absolute atomic E-state index is 0.279. The van der Waals surface area contributed by atoms with Crippen molar-refractivity contribution < 1.29 is 4.74 Å². The van der Waals surface area contributed by atoms with E-state index in [1.807, 2.05) is 48.7 Å². The Hall–Kier alpha value is -3.34. The van der Waals surface area contributed by atoms with Crippen molar-refractivity contribution in [3.05, 3.63) is 134 Å². The Morgan fingerprint density at radius 2 is 1.82 bits per heavy atom. The Balaban J connectivity index is 1.19. The van der Waals surface area contributed by atoms with Gasteiger partial charge in [-0.2, -0.15) is 0 Å². The van der Waals surface area contributed by atoms with Crippen molar-refractivity contribution in [1.29, 1.82) is 0 Å². The molecule has 0 saturated carbocycles. The van der Waals surface area contributed by atoms with Gasteiger partial charge in [0.15, 0.2) is 0 Å². The summed E-state index contributed by atoms with van der Waals surface area (Å²) in [6.45, 7) is 2.63. The third-order valence-corrected chi connectivity index (χ3v) is 8.15. The lowest BCUT2D eigenvalue weighted by atomic mass is 9.76. The van der Waals surface area contributed by atoms with Crippen LogP contribution in [0.25, 0.3) is 0 Å². The van der Waals surface area contributed by atoms with E-state index in [0.717, 1.165) is 38.5 Å². The van der Waals surface area contributed by atoms with E-state index in [2.05, 4.69) is 82.8 Å². The number of hydrogen-bond donors (Lipinski definition) is 1. The normalized spacial score (nSPS) is 19.7. The number of allylic oxidation sites excluding steroid dienone is 2. The lowest BCUT2D eigenvalue weighted by Crippen LogP contribution is -2.29. The number of benzene rings is 4. The van der Waals surface area contributed by atoms with Crippen LogP contribution >= 0.6 is 27.5 Å². The molecule has 190 valence electrons.